The molecule has 64 valence electrons. The first kappa shape index (κ1) is 10.6. The third-order valence-electron chi connectivity index (χ3n) is 1.41. The van der Waals surface area contributed by atoms with Gasteiger partial charge in [0, 0.05) is 41.8 Å². The SMILES string of the molecule is CC(CNCCC#N)S(C)=O. The van der Waals surface area contributed by atoms with E-state index in [1.165, 1.54) is 0 Å². The van der Waals surface area contributed by atoms with Crippen molar-refractivity contribution < 1.29 is 4.21 Å². The molecule has 0 rings (SSSR count). The highest BCUT2D eigenvalue weighted by Crippen LogP contribution is 1.88. The Morgan fingerprint density at radius 1 is 1.73 bits per heavy atom. The van der Waals surface area contributed by atoms with Crippen molar-refractivity contribution in [1.29, 1.82) is 5.26 Å². The number of hydrogen-bond donors (Lipinski definition) is 1. The van der Waals surface area contributed by atoms with E-state index in [-0.39, 0.29) is 5.25 Å². The maximum atomic E-state index is 10.8. The Hall–Kier alpha value is -0.400. The average Bonchev–Trinajstić information content (AvgIpc) is 1.97. The van der Waals surface area contributed by atoms with Crippen LogP contribution in [0.5, 0.6) is 0 Å². The number of hydrogen-bond acceptors (Lipinski definition) is 3. The standard InChI is InChI=1S/C7H14N2OS/c1-7(11(2)10)6-9-5-3-4-8/h7,9H,3,5-6H2,1-2H3. The zero-order valence-corrected chi connectivity index (χ0v) is 7.78. The molecule has 2 atom stereocenters. The van der Waals surface area contributed by atoms with E-state index in [0.29, 0.717) is 13.0 Å². The first-order valence-corrected chi connectivity index (χ1v) is 5.20. The van der Waals surface area contributed by atoms with Crippen LogP contribution in [0.1, 0.15) is 13.3 Å². The van der Waals surface area contributed by atoms with Gasteiger partial charge in [0.25, 0.3) is 0 Å². The predicted octanol–water partition coefficient (Wildman–Crippen LogP) is 0.257. The maximum absolute atomic E-state index is 10.8. The number of nitrogens with zero attached hydrogens (tertiary/aromatic N) is 1. The van der Waals surface area contributed by atoms with Gasteiger partial charge in [0.1, 0.15) is 0 Å². The highest BCUT2D eigenvalue weighted by Gasteiger charge is 2.03. The zero-order valence-electron chi connectivity index (χ0n) is 6.96. The van der Waals surface area contributed by atoms with Gasteiger partial charge in [0.2, 0.25) is 0 Å². The van der Waals surface area contributed by atoms with Gasteiger partial charge >= 0.3 is 0 Å². The van der Waals surface area contributed by atoms with Crippen LogP contribution in [0.15, 0.2) is 0 Å². The van der Waals surface area contributed by atoms with E-state index in [4.69, 9.17) is 5.26 Å². The predicted molar refractivity (Wildman–Crippen MR) is 46.6 cm³/mol. The van der Waals surface area contributed by atoms with Gasteiger partial charge in [-0.25, -0.2) is 0 Å². The summed E-state index contributed by atoms with van der Waals surface area (Å²) in [6, 6.07) is 2.03. The molecule has 0 bridgehead atoms. The second kappa shape index (κ2) is 6.32. The Kier molecular flexibility index (Phi) is 6.09. The van der Waals surface area contributed by atoms with Crippen LogP contribution in [-0.4, -0.2) is 28.8 Å². The number of rotatable bonds is 5. The molecular formula is C7H14N2OS. The molecule has 0 aromatic rings. The fraction of sp³-hybridized carbons (Fsp3) is 0.857. The molecule has 11 heavy (non-hydrogen) atoms. The Morgan fingerprint density at radius 3 is 2.82 bits per heavy atom. The van der Waals surface area contributed by atoms with Crippen molar-refractivity contribution in [3.8, 4) is 6.07 Å². The Balaban J connectivity index is 3.26. The average molecular weight is 174 g/mol. The van der Waals surface area contributed by atoms with Gasteiger partial charge < -0.3 is 5.32 Å². The summed E-state index contributed by atoms with van der Waals surface area (Å²) in [6.07, 6.45) is 2.21. The molecule has 0 aromatic carbocycles. The van der Waals surface area contributed by atoms with Crippen molar-refractivity contribution in [2.45, 2.75) is 18.6 Å². The molecule has 0 spiro atoms. The highest BCUT2D eigenvalue weighted by molar-refractivity contribution is 7.84. The van der Waals surface area contributed by atoms with Crippen molar-refractivity contribution >= 4 is 10.8 Å². The number of nitrogens with one attached hydrogen (secondary N) is 1. The molecule has 0 radical (unpaired) electrons. The molecule has 0 fully saturated rings. The summed E-state index contributed by atoms with van der Waals surface area (Å²) in [7, 11) is -0.761. The molecule has 4 heteroatoms. The van der Waals surface area contributed by atoms with Gasteiger partial charge in [-0.3, -0.25) is 4.21 Å². The second-order valence-corrected chi connectivity index (χ2v) is 4.22. The van der Waals surface area contributed by atoms with Crippen LogP contribution in [-0.2, 0) is 10.8 Å². The maximum Gasteiger partial charge on any atom is 0.0635 e. The minimum atomic E-state index is -0.761. The van der Waals surface area contributed by atoms with Gasteiger partial charge in [-0.15, -0.1) is 0 Å². The van der Waals surface area contributed by atoms with Crippen LogP contribution < -0.4 is 5.32 Å². The van der Waals surface area contributed by atoms with Crippen LogP contribution in [0.2, 0.25) is 0 Å². The van der Waals surface area contributed by atoms with E-state index < -0.39 is 10.8 Å². The van der Waals surface area contributed by atoms with Crippen LogP contribution in [0.3, 0.4) is 0 Å². The Labute approximate surface area is 70.2 Å². The highest BCUT2D eigenvalue weighted by atomic mass is 32.2. The molecular weight excluding hydrogens is 160 g/mol. The van der Waals surface area contributed by atoms with Gasteiger partial charge in [-0.05, 0) is 6.92 Å². The third kappa shape index (κ3) is 6.02. The topological polar surface area (TPSA) is 52.9 Å². The van der Waals surface area contributed by atoms with Crippen molar-refractivity contribution in [3.63, 3.8) is 0 Å². The summed E-state index contributed by atoms with van der Waals surface area (Å²) in [6.45, 7) is 3.35. The number of nitriles is 1. The molecule has 1 N–H and O–H groups in total. The van der Waals surface area contributed by atoms with E-state index in [0.717, 1.165) is 6.54 Å². The Bertz CT molecular complexity index is 164. The minimum Gasteiger partial charge on any atom is -0.315 e. The van der Waals surface area contributed by atoms with E-state index in [9.17, 15) is 4.21 Å². The summed E-state index contributed by atoms with van der Waals surface area (Å²) in [5.41, 5.74) is 0. The molecule has 0 saturated heterocycles. The molecule has 0 amide bonds. The molecule has 0 aliphatic heterocycles. The van der Waals surface area contributed by atoms with Crippen molar-refractivity contribution in [3.05, 3.63) is 0 Å². The summed E-state index contributed by atoms with van der Waals surface area (Å²) in [5, 5.41) is 11.4. The monoisotopic (exact) mass is 174 g/mol. The zero-order chi connectivity index (χ0) is 8.69. The van der Waals surface area contributed by atoms with E-state index in [1.807, 2.05) is 13.0 Å². The van der Waals surface area contributed by atoms with Crippen LogP contribution in [0.25, 0.3) is 0 Å². The van der Waals surface area contributed by atoms with Crippen LogP contribution in [0.4, 0.5) is 0 Å². The summed E-state index contributed by atoms with van der Waals surface area (Å²) >= 11 is 0. The lowest BCUT2D eigenvalue weighted by atomic mass is 10.4. The van der Waals surface area contributed by atoms with Gasteiger partial charge in [0.15, 0.2) is 0 Å². The summed E-state index contributed by atoms with van der Waals surface area (Å²) < 4.78 is 10.8. The van der Waals surface area contributed by atoms with Gasteiger partial charge in [-0.1, -0.05) is 0 Å². The fourth-order valence-electron chi connectivity index (χ4n) is 0.567. The lowest BCUT2D eigenvalue weighted by Gasteiger charge is -2.07. The molecule has 0 heterocycles. The Morgan fingerprint density at radius 2 is 2.36 bits per heavy atom. The minimum absolute atomic E-state index is 0.175. The molecule has 0 aliphatic rings. The fourth-order valence-corrected chi connectivity index (χ4v) is 0.920. The third-order valence-corrected chi connectivity index (χ3v) is 2.71. The van der Waals surface area contributed by atoms with Crippen molar-refractivity contribution in [2.75, 3.05) is 19.3 Å². The van der Waals surface area contributed by atoms with Gasteiger partial charge in [-0.2, -0.15) is 5.26 Å². The molecule has 0 saturated carbocycles. The lowest BCUT2D eigenvalue weighted by Crippen LogP contribution is -2.28. The molecule has 3 nitrogen and oxygen atoms in total. The quantitative estimate of drug-likeness (QED) is 0.608. The van der Waals surface area contributed by atoms with Crippen LogP contribution in [0, 0.1) is 11.3 Å². The first-order chi connectivity index (χ1) is 5.18. The van der Waals surface area contributed by atoms with E-state index >= 15 is 0 Å². The van der Waals surface area contributed by atoms with Crippen molar-refractivity contribution in [1.82, 2.24) is 5.32 Å². The molecule has 2 unspecified atom stereocenters. The van der Waals surface area contributed by atoms with Gasteiger partial charge in [0.05, 0.1) is 6.07 Å². The van der Waals surface area contributed by atoms with Crippen LogP contribution >= 0.6 is 0 Å². The largest absolute Gasteiger partial charge is 0.315 e. The van der Waals surface area contributed by atoms with E-state index in [1.54, 1.807) is 6.26 Å². The lowest BCUT2D eigenvalue weighted by molar-refractivity contribution is 0.650. The molecule has 0 aliphatic carbocycles. The van der Waals surface area contributed by atoms with Crippen molar-refractivity contribution in [2.24, 2.45) is 0 Å². The molecule has 0 aromatic heterocycles. The first-order valence-electron chi connectivity index (χ1n) is 3.58. The smallest absolute Gasteiger partial charge is 0.0635 e. The summed E-state index contributed by atoms with van der Waals surface area (Å²) in [4.78, 5) is 0. The summed E-state index contributed by atoms with van der Waals surface area (Å²) in [5.74, 6) is 0. The second-order valence-electron chi connectivity index (χ2n) is 2.42. The van der Waals surface area contributed by atoms with E-state index in [2.05, 4.69) is 5.32 Å². The normalized spacial score (nSPS) is 15.4.